The van der Waals surface area contributed by atoms with E-state index in [4.69, 9.17) is 0 Å². The predicted octanol–water partition coefficient (Wildman–Crippen LogP) is 6.50. The van der Waals surface area contributed by atoms with E-state index in [1.807, 2.05) is 46.8 Å². The van der Waals surface area contributed by atoms with Crippen molar-refractivity contribution in [2.45, 2.75) is 43.4 Å². The van der Waals surface area contributed by atoms with Crippen molar-refractivity contribution in [2.75, 3.05) is 43.4 Å². The molecule has 5 rings (SSSR count). The van der Waals surface area contributed by atoms with E-state index < -0.39 is 17.6 Å². The molecule has 2 aromatic carbocycles. The van der Waals surface area contributed by atoms with Crippen LogP contribution in [0.15, 0.2) is 53.7 Å². The molecule has 0 saturated carbocycles. The van der Waals surface area contributed by atoms with Gasteiger partial charge in [0.05, 0.1) is 11.3 Å². The first-order valence-corrected chi connectivity index (χ1v) is 14.1. The highest BCUT2D eigenvalue weighted by Crippen LogP contribution is 2.43. The standard InChI is InChI=1S/C28H33F4N5S/c1-35-25(21-6-3-2-4-7-21)33-34-26(35)38-19-5-14-36-15-10-27(11-16-36)12-17-37(18-13-27)24-9-8-22(20-23(24)29)28(30,31)32/h2-4,6-9,20H,5,10-19H2,1H3. The van der Waals surface area contributed by atoms with Crippen LogP contribution in [-0.4, -0.2) is 58.1 Å². The fraction of sp³-hybridized carbons (Fsp3) is 0.500. The van der Waals surface area contributed by atoms with Crippen LogP contribution >= 0.6 is 11.8 Å². The highest BCUT2D eigenvalue weighted by Gasteiger charge is 2.38. The molecule has 3 aromatic rings. The maximum absolute atomic E-state index is 14.4. The van der Waals surface area contributed by atoms with Gasteiger partial charge in [-0.1, -0.05) is 42.1 Å². The lowest BCUT2D eigenvalue weighted by atomic mass is 9.71. The average Bonchev–Trinajstić information content (AvgIpc) is 3.28. The predicted molar refractivity (Wildman–Crippen MR) is 143 cm³/mol. The molecule has 204 valence electrons. The number of hydrogen-bond donors (Lipinski definition) is 0. The molecule has 0 radical (unpaired) electrons. The van der Waals surface area contributed by atoms with E-state index in [2.05, 4.69) is 15.1 Å². The SMILES string of the molecule is Cn1c(SCCCN2CCC3(CC2)CCN(c2ccc(C(F)(F)F)cc2F)CC3)nnc1-c1ccccc1. The molecular formula is C28H33F4N5S. The van der Waals surface area contributed by atoms with Gasteiger partial charge in [0, 0.05) is 31.5 Å². The number of benzene rings is 2. The first-order valence-electron chi connectivity index (χ1n) is 13.2. The molecule has 0 aliphatic carbocycles. The summed E-state index contributed by atoms with van der Waals surface area (Å²) in [5.41, 5.74) is 0.663. The maximum Gasteiger partial charge on any atom is 0.416 e. The molecule has 38 heavy (non-hydrogen) atoms. The van der Waals surface area contributed by atoms with Crippen molar-refractivity contribution in [1.29, 1.82) is 0 Å². The van der Waals surface area contributed by atoms with E-state index >= 15 is 0 Å². The molecule has 1 spiro atoms. The van der Waals surface area contributed by atoms with Crippen LogP contribution in [-0.2, 0) is 13.2 Å². The third-order valence-corrected chi connectivity index (χ3v) is 9.18. The minimum atomic E-state index is -4.53. The number of piperidine rings is 2. The van der Waals surface area contributed by atoms with Crippen LogP contribution in [0.3, 0.4) is 0 Å². The molecule has 5 nitrogen and oxygen atoms in total. The fourth-order valence-electron chi connectivity index (χ4n) is 5.64. The number of rotatable bonds is 7. The number of aromatic nitrogens is 3. The molecule has 2 saturated heterocycles. The average molecular weight is 548 g/mol. The van der Waals surface area contributed by atoms with Gasteiger partial charge in [-0.05, 0) is 75.4 Å². The summed E-state index contributed by atoms with van der Waals surface area (Å²) >= 11 is 1.74. The van der Waals surface area contributed by atoms with Gasteiger partial charge in [0.2, 0.25) is 0 Å². The molecule has 0 bridgehead atoms. The van der Waals surface area contributed by atoms with Gasteiger partial charge in [-0.3, -0.25) is 0 Å². The molecular weight excluding hydrogens is 514 g/mol. The lowest BCUT2D eigenvalue weighted by Gasteiger charge is -2.47. The molecule has 0 atom stereocenters. The third kappa shape index (κ3) is 6.01. The van der Waals surface area contributed by atoms with Crippen LogP contribution in [0.2, 0.25) is 0 Å². The van der Waals surface area contributed by atoms with E-state index in [0.717, 1.165) is 80.1 Å². The Balaban J connectivity index is 1.05. The van der Waals surface area contributed by atoms with Crippen molar-refractivity contribution in [3.63, 3.8) is 0 Å². The summed E-state index contributed by atoms with van der Waals surface area (Å²) in [5, 5.41) is 9.65. The molecule has 0 N–H and O–H groups in total. The van der Waals surface area contributed by atoms with Crippen molar-refractivity contribution in [3.05, 3.63) is 59.9 Å². The van der Waals surface area contributed by atoms with Gasteiger partial charge >= 0.3 is 6.18 Å². The van der Waals surface area contributed by atoms with Crippen molar-refractivity contribution < 1.29 is 17.6 Å². The Morgan fingerprint density at radius 3 is 2.26 bits per heavy atom. The minimum Gasteiger partial charge on any atom is -0.369 e. The first kappa shape index (κ1) is 27.0. The molecule has 10 heteroatoms. The molecule has 0 unspecified atom stereocenters. The summed E-state index contributed by atoms with van der Waals surface area (Å²) < 4.78 is 55.1. The quantitative estimate of drug-likeness (QED) is 0.192. The zero-order valence-electron chi connectivity index (χ0n) is 21.6. The fourth-order valence-corrected chi connectivity index (χ4v) is 6.48. The number of nitrogens with zero attached hydrogens (tertiary/aromatic N) is 5. The van der Waals surface area contributed by atoms with Gasteiger partial charge in [-0.25, -0.2) is 4.39 Å². The Kier molecular flexibility index (Phi) is 8.00. The Hall–Kier alpha value is -2.59. The monoisotopic (exact) mass is 547 g/mol. The second-order valence-electron chi connectivity index (χ2n) is 10.4. The summed E-state index contributed by atoms with van der Waals surface area (Å²) in [5.74, 6) is 1.07. The van der Waals surface area contributed by atoms with Crippen LogP contribution in [0.4, 0.5) is 23.2 Å². The number of likely N-dealkylation sites (tertiary alicyclic amines) is 1. The summed E-state index contributed by atoms with van der Waals surface area (Å²) in [6, 6.07) is 12.9. The molecule has 2 aliphatic heterocycles. The van der Waals surface area contributed by atoms with Crippen molar-refractivity contribution in [2.24, 2.45) is 12.5 Å². The number of thioether (sulfide) groups is 1. The highest BCUT2D eigenvalue weighted by molar-refractivity contribution is 7.99. The molecule has 0 amide bonds. The van der Waals surface area contributed by atoms with Crippen LogP contribution in [0.25, 0.3) is 11.4 Å². The van der Waals surface area contributed by atoms with Crippen LogP contribution in [0.5, 0.6) is 0 Å². The van der Waals surface area contributed by atoms with Gasteiger partial charge in [-0.2, -0.15) is 13.2 Å². The smallest absolute Gasteiger partial charge is 0.369 e. The zero-order valence-corrected chi connectivity index (χ0v) is 22.4. The number of alkyl halides is 3. The number of anilines is 1. The van der Waals surface area contributed by atoms with Crippen molar-refractivity contribution >= 4 is 17.4 Å². The largest absolute Gasteiger partial charge is 0.416 e. The van der Waals surface area contributed by atoms with E-state index in [9.17, 15) is 17.6 Å². The summed E-state index contributed by atoms with van der Waals surface area (Å²) in [6.45, 7) is 4.53. The second kappa shape index (κ2) is 11.3. The molecule has 3 heterocycles. The van der Waals surface area contributed by atoms with Gasteiger partial charge in [0.15, 0.2) is 11.0 Å². The summed E-state index contributed by atoms with van der Waals surface area (Å²) in [7, 11) is 2.01. The van der Waals surface area contributed by atoms with Gasteiger partial charge in [-0.15, -0.1) is 10.2 Å². The van der Waals surface area contributed by atoms with E-state index in [1.54, 1.807) is 11.8 Å². The summed E-state index contributed by atoms with van der Waals surface area (Å²) in [4.78, 5) is 4.43. The minimum absolute atomic E-state index is 0.261. The maximum atomic E-state index is 14.4. The Morgan fingerprint density at radius 2 is 1.61 bits per heavy atom. The molecule has 2 aliphatic rings. The second-order valence-corrected chi connectivity index (χ2v) is 11.5. The zero-order chi connectivity index (χ0) is 26.8. The number of hydrogen-bond acceptors (Lipinski definition) is 5. The molecule has 2 fully saturated rings. The van der Waals surface area contributed by atoms with E-state index in [1.165, 1.54) is 6.07 Å². The number of halogens is 4. The van der Waals surface area contributed by atoms with E-state index in [0.29, 0.717) is 19.2 Å². The lowest BCUT2D eigenvalue weighted by Crippen LogP contribution is -2.47. The first-order chi connectivity index (χ1) is 18.2. The third-order valence-electron chi connectivity index (χ3n) is 8.07. The van der Waals surface area contributed by atoms with Crippen LogP contribution < -0.4 is 4.90 Å². The highest BCUT2D eigenvalue weighted by atomic mass is 32.2. The normalized spacial score (nSPS) is 18.3. The van der Waals surface area contributed by atoms with Gasteiger partial charge in [0.25, 0.3) is 0 Å². The van der Waals surface area contributed by atoms with Crippen LogP contribution in [0.1, 0.15) is 37.7 Å². The van der Waals surface area contributed by atoms with Gasteiger partial charge < -0.3 is 14.4 Å². The Labute approximate surface area is 225 Å². The summed E-state index contributed by atoms with van der Waals surface area (Å²) in [6.07, 6.45) is 0.687. The molecule has 1 aromatic heterocycles. The van der Waals surface area contributed by atoms with Crippen molar-refractivity contribution in [1.82, 2.24) is 19.7 Å². The van der Waals surface area contributed by atoms with Crippen molar-refractivity contribution in [3.8, 4) is 11.4 Å². The van der Waals surface area contributed by atoms with E-state index in [-0.39, 0.29) is 11.1 Å². The lowest BCUT2D eigenvalue weighted by molar-refractivity contribution is -0.137. The topological polar surface area (TPSA) is 37.2 Å². The Bertz CT molecular complexity index is 1210. The Morgan fingerprint density at radius 1 is 0.921 bits per heavy atom. The van der Waals surface area contributed by atoms with Crippen LogP contribution in [0, 0.1) is 11.2 Å². The van der Waals surface area contributed by atoms with Gasteiger partial charge in [0.1, 0.15) is 5.82 Å².